The van der Waals surface area contributed by atoms with Crippen LogP contribution in [0.1, 0.15) is 55.4 Å². The monoisotopic (exact) mass is 397 g/mol. The maximum Gasteiger partial charge on any atom is 0.142 e. The third-order valence-electron chi connectivity index (χ3n) is 2.93. The van der Waals surface area contributed by atoms with Crippen molar-refractivity contribution in [3.05, 3.63) is 79.0 Å². The molecule has 0 saturated heterocycles. The smallest absolute Gasteiger partial charge is 0.142 e. The number of aromatic nitrogens is 3. The molecule has 0 bridgehead atoms. The van der Waals surface area contributed by atoms with Gasteiger partial charge in [0, 0.05) is 17.8 Å². The number of hydrogen-bond acceptors (Lipinski definition) is 3. The Kier molecular flexibility index (Phi) is 19.4. The highest BCUT2D eigenvalue weighted by molar-refractivity contribution is 5.77. The van der Waals surface area contributed by atoms with E-state index in [2.05, 4.69) is 15.0 Å². The van der Waals surface area contributed by atoms with Gasteiger partial charge in [-0.1, -0.05) is 85.7 Å². The van der Waals surface area contributed by atoms with Crippen LogP contribution < -0.4 is 0 Å². The molecule has 0 aliphatic carbocycles. The summed E-state index contributed by atoms with van der Waals surface area (Å²) in [6.07, 6.45) is 4.62. The molecule has 0 amide bonds. The van der Waals surface area contributed by atoms with E-state index in [-0.39, 0.29) is 5.82 Å². The van der Waals surface area contributed by atoms with Gasteiger partial charge in [0.2, 0.25) is 0 Å². The molecule has 2 aromatic heterocycles. The molecule has 0 aliphatic heterocycles. The van der Waals surface area contributed by atoms with Crippen LogP contribution in [0.5, 0.6) is 0 Å². The molecule has 29 heavy (non-hydrogen) atoms. The van der Waals surface area contributed by atoms with Crippen molar-refractivity contribution < 1.29 is 4.39 Å². The molecular weight excluding hydrogens is 361 g/mol. The summed E-state index contributed by atoms with van der Waals surface area (Å²) in [7, 11) is 0. The van der Waals surface area contributed by atoms with E-state index in [0.717, 1.165) is 21.9 Å². The molecule has 4 aromatic rings. The van der Waals surface area contributed by atoms with E-state index in [0.29, 0.717) is 0 Å². The van der Waals surface area contributed by atoms with Crippen molar-refractivity contribution in [1.29, 1.82) is 0 Å². The average Bonchev–Trinajstić information content (AvgIpc) is 2.84. The average molecular weight is 398 g/mol. The standard InChI is InChI=1S/C9H6FN.C8H6N2.4C2H6/c10-8-5-7-3-1-2-4-9(7)11-6-8;1-2-4-8-7(3-1)9-5-6-10-8;4*1-2/h1-6H;1-6H;4*1-2H3. The van der Waals surface area contributed by atoms with Gasteiger partial charge in [-0.3, -0.25) is 15.0 Å². The molecule has 2 heterocycles. The van der Waals surface area contributed by atoms with Crippen LogP contribution >= 0.6 is 0 Å². The first kappa shape index (κ1) is 28.3. The van der Waals surface area contributed by atoms with Crippen molar-refractivity contribution >= 4 is 21.9 Å². The van der Waals surface area contributed by atoms with Crippen molar-refractivity contribution in [2.45, 2.75) is 55.4 Å². The van der Waals surface area contributed by atoms with Gasteiger partial charge in [0.15, 0.2) is 0 Å². The minimum atomic E-state index is -0.288. The molecule has 0 aliphatic rings. The highest BCUT2D eigenvalue weighted by Gasteiger charge is 1.93. The summed E-state index contributed by atoms with van der Waals surface area (Å²) in [5.74, 6) is -0.288. The lowest BCUT2D eigenvalue weighted by molar-refractivity contribution is 0.624. The SMILES string of the molecule is CC.CC.CC.CC.Fc1cnc2ccccc2c1.c1ccc2nccnc2c1. The van der Waals surface area contributed by atoms with Crippen LogP contribution in [-0.2, 0) is 0 Å². The number of halogens is 1. The molecule has 0 unspecified atom stereocenters. The van der Waals surface area contributed by atoms with Crippen molar-refractivity contribution in [2.24, 2.45) is 0 Å². The number of nitrogens with zero attached hydrogens (tertiary/aromatic N) is 3. The molecule has 0 N–H and O–H groups in total. The van der Waals surface area contributed by atoms with Gasteiger partial charge in [-0.05, 0) is 24.3 Å². The molecule has 0 saturated carbocycles. The second-order valence-corrected chi connectivity index (χ2v) is 4.39. The Balaban J connectivity index is 0. The number of pyridine rings is 1. The predicted octanol–water partition coefficient (Wildman–Crippen LogP) is 8.11. The zero-order valence-electron chi connectivity index (χ0n) is 19.1. The number of para-hydroxylation sites is 3. The zero-order chi connectivity index (χ0) is 22.5. The van der Waals surface area contributed by atoms with E-state index in [1.807, 2.05) is 104 Å². The fraction of sp³-hybridized carbons (Fsp3) is 0.320. The Morgan fingerprint density at radius 1 is 0.552 bits per heavy atom. The van der Waals surface area contributed by atoms with Gasteiger partial charge in [-0.15, -0.1) is 0 Å². The van der Waals surface area contributed by atoms with Crippen molar-refractivity contribution in [3.8, 4) is 0 Å². The normalized spacial score (nSPS) is 8.17. The van der Waals surface area contributed by atoms with Crippen LogP contribution in [0.25, 0.3) is 21.9 Å². The first-order valence-electron chi connectivity index (χ1n) is 10.5. The second-order valence-electron chi connectivity index (χ2n) is 4.39. The molecule has 158 valence electrons. The molecule has 3 nitrogen and oxygen atoms in total. The first-order chi connectivity index (χ1) is 14.3. The van der Waals surface area contributed by atoms with Gasteiger partial charge < -0.3 is 0 Å². The lowest BCUT2D eigenvalue weighted by Crippen LogP contribution is -1.79. The summed E-state index contributed by atoms with van der Waals surface area (Å²) in [5, 5.41) is 0.840. The van der Waals surface area contributed by atoms with Crippen molar-refractivity contribution in [1.82, 2.24) is 15.0 Å². The minimum absolute atomic E-state index is 0.288. The van der Waals surface area contributed by atoms with Crippen LogP contribution in [0, 0.1) is 5.82 Å². The van der Waals surface area contributed by atoms with Gasteiger partial charge in [-0.2, -0.15) is 0 Å². The van der Waals surface area contributed by atoms with Gasteiger partial charge >= 0.3 is 0 Å². The molecular formula is C25H36FN3. The number of fused-ring (bicyclic) bond motifs is 2. The topological polar surface area (TPSA) is 38.7 Å². The highest BCUT2D eigenvalue weighted by atomic mass is 19.1. The predicted molar refractivity (Wildman–Crippen MR) is 127 cm³/mol. The van der Waals surface area contributed by atoms with Gasteiger partial charge in [0.05, 0.1) is 22.7 Å². The molecule has 4 rings (SSSR count). The molecule has 0 radical (unpaired) electrons. The van der Waals surface area contributed by atoms with Crippen LogP contribution in [0.4, 0.5) is 4.39 Å². The molecule has 0 atom stereocenters. The zero-order valence-corrected chi connectivity index (χ0v) is 19.1. The lowest BCUT2D eigenvalue weighted by atomic mass is 10.2. The Hall–Kier alpha value is -2.88. The van der Waals surface area contributed by atoms with Gasteiger partial charge in [-0.25, -0.2) is 4.39 Å². The Labute approximate surface area is 176 Å². The number of benzene rings is 2. The van der Waals surface area contributed by atoms with Crippen molar-refractivity contribution in [2.75, 3.05) is 0 Å². The molecule has 0 spiro atoms. The van der Waals surface area contributed by atoms with Gasteiger partial charge in [0.1, 0.15) is 5.82 Å². The fourth-order valence-corrected chi connectivity index (χ4v) is 1.95. The van der Waals surface area contributed by atoms with Crippen LogP contribution in [-0.4, -0.2) is 15.0 Å². The number of hydrogen-bond donors (Lipinski definition) is 0. The van der Waals surface area contributed by atoms with Gasteiger partial charge in [0.25, 0.3) is 0 Å². The third kappa shape index (κ3) is 10.9. The molecule has 4 heteroatoms. The quantitative estimate of drug-likeness (QED) is 0.301. The summed E-state index contributed by atoms with van der Waals surface area (Å²) in [4.78, 5) is 12.1. The van der Waals surface area contributed by atoms with Crippen LogP contribution in [0.2, 0.25) is 0 Å². The summed E-state index contributed by atoms with van der Waals surface area (Å²) >= 11 is 0. The Bertz CT molecular complexity index is 814. The maximum absolute atomic E-state index is 12.6. The van der Waals surface area contributed by atoms with Crippen molar-refractivity contribution in [3.63, 3.8) is 0 Å². The fourth-order valence-electron chi connectivity index (χ4n) is 1.95. The van der Waals surface area contributed by atoms with E-state index < -0.39 is 0 Å². The first-order valence-corrected chi connectivity index (χ1v) is 10.5. The van der Waals surface area contributed by atoms with E-state index in [1.165, 1.54) is 12.3 Å². The van der Waals surface area contributed by atoms with Crippen LogP contribution in [0.15, 0.2) is 73.2 Å². The minimum Gasteiger partial charge on any atom is -0.253 e. The van der Waals surface area contributed by atoms with Crippen LogP contribution in [0.3, 0.4) is 0 Å². The summed E-state index contributed by atoms with van der Waals surface area (Å²) < 4.78 is 12.6. The Morgan fingerprint density at radius 3 is 1.45 bits per heavy atom. The van der Waals surface area contributed by atoms with E-state index in [9.17, 15) is 4.39 Å². The summed E-state index contributed by atoms with van der Waals surface area (Å²) in [6, 6.07) is 16.7. The largest absolute Gasteiger partial charge is 0.253 e. The molecule has 0 fully saturated rings. The third-order valence-corrected chi connectivity index (χ3v) is 2.93. The summed E-state index contributed by atoms with van der Waals surface area (Å²) in [6.45, 7) is 16.0. The van der Waals surface area contributed by atoms with E-state index in [4.69, 9.17) is 0 Å². The number of rotatable bonds is 0. The maximum atomic E-state index is 12.6. The second kappa shape index (κ2) is 19.9. The Morgan fingerprint density at radius 2 is 0.966 bits per heavy atom. The lowest BCUT2D eigenvalue weighted by Gasteiger charge is -1.93. The highest BCUT2D eigenvalue weighted by Crippen LogP contribution is 2.10. The molecule has 2 aromatic carbocycles. The summed E-state index contributed by atoms with van der Waals surface area (Å²) in [5.41, 5.74) is 2.73. The van der Waals surface area contributed by atoms with E-state index in [1.54, 1.807) is 12.4 Å². The van der Waals surface area contributed by atoms with E-state index >= 15 is 0 Å².